The number of alkyl halides is 3. The SMILES string of the molecule is CCc1nn(CC)c(CC(N)CC(F)(F)F)c1Br. The van der Waals surface area contributed by atoms with Gasteiger partial charge in [0.15, 0.2) is 0 Å². The van der Waals surface area contributed by atoms with E-state index in [1.807, 2.05) is 13.8 Å². The van der Waals surface area contributed by atoms with Crippen LogP contribution in [0.1, 0.15) is 31.7 Å². The van der Waals surface area contributed by atoms with E-state index in [4.69, 9.17) is 5.73 Å². The van der Waals surface area contributed by atoms with Crippen LogP contribution in [0.25, 0.3) is 0 Å². The van der Waals surface area contributed by atoms with Crippen molar-refractivity contribution < 1.29 is 13.2 Å². The number of rotatable bonds is 5. The molecule has 0 aliphatic heterocycles. The zero-order valence-corrected chi connectivity index (χ0v) is 12.0. The third kappa shape index (κ3) is 3.98. The molecule has 2 N–H and O–H groups in total. The molecule has 7 heteroatoms. The van der Waals surface area contributed by atoms with E-state index in [1.54, 1.807) is 4.68 Å². The van der Waals surface area contributed by atoms with Crippen molar-refractivity contribution >= 4 is 15.9 Å². The number of hydrogen-bond donors (Lipinski definition) is 1. The molecule has 3 nitrogen and oxygen atoms in total. The molecule has 0 aliphatic carbocycles. The third-order valence-electron chi connectivity index (χ3n) is 2.64. The minimum absolute atomic E-state index is 0.168. The Hall–Kier alpha value is -0.560. The fourth-order valence-electron chi connectivity index (χ4n) is 1.83. The maximum atomic E-state index is 12.2. The number of nitrogens with two attached hydrogens (primary N) is 1. The van der Waals surface area contributed by atoms with Gasteiger partial charge >= 0.3 is 6.18 Å². The van der Waals surface area contributed by atoms with Gasteiger partial charge in [-0.05, 0) is 29.3 Å². The lowest BCUT2D eigenvalue weighted by atomic mass is 10.1. The van der Waals surface area contributed by atoms with Crippen molar-refractivity contribution in [3.8, 4) is 0 Å². The van der Waals surface area contributed by atoms with Crippen molar-refractivity contribution in [2.45, 2.75) is 51.9 Å². The van der Waals surface area contributed by atoms with Gasteiger partial charge in [0.1, 0.15) is 0 Å². The quantitative estimate of drug-likeness (QED) is 0.903. The highest BCUT2D eigenvalue weighted by atomic mass is 79.9. The summed E-state index contributed by atoms with van der Waals surface area (Å²) in [5.74, 6) is 0. The Morgan fingerprint density at radius 1 is 1.39 bits per heavy atom. The Morgan fingerprint density at radius 2 is 2.00 bits per heavy atom. The standard InChI is InChI=1S/C11H17BrF3N3/c1-3-8-10(12)9(18(4-2)17-8)5-7(16)6-11(13,14)15/h7H,3-6,16H2,1-2H3. The molecule has 1 atom stereocenters. The molecule has 0 aliphatic rings. The van der Waals surface area contributed by atoms with E-state index in [0.29, 0.717) is 6.54 Å². The predicted molar refractivity (Wildman–Crippen MR) is 67.3 cm³/mol. The monoisotopic (exact) mass is 327 g/mol. The van der Waals surface area contributed by atoms with Crippen molar-refractivity contribution in [1.29, 1.82) is 0 Å². The van der Waals surface area contributed by atoms with Gasteiger partial charge in [-0.2, -0.15) is 18.3 Å². The van der Waals surface area contributed by atoms with Crippen LogP contribution in [-0.2, 0) is 19.4 Å². The molecule has 0 radical (unpaired) electrons. The second-order valence-electron chi connectivity index (χ2n) is 4.16. The van der Waals surface area contributed by atoms with E-state index in [2.05, 4.69) is 21.0 Å². The molecular weight excluding hydrogens is 311 g/mol. The highest BCUT2D eigenvalue weighted by Gasteiger charge is 2.31. The Labute approximate surface area is 113 Å². The summed E-state index contributed by atoms with van der Waals surface area (Å²) in [7, 11) is 0. The van der Waals surface area contributed by atoms with Crippen LogP contribution in [0.3, 0.4) is 0 Å². The summed E-state index contributed by atoms with van der Waals surface area (Å²) in [5.41, 5.74) is 7.15. The van der Waals surface area contributed by atoms with Crippen molar-refractivity contribution in [3.05, 3.63) is 15.9 Å². The molecule has 0 saturated heterocycles. The smallest absolute Gasteiger partial charge is 0.327 e. The Kier molecular flexibility index (Phi) is 5.21. The second-order valence-corrected chi connectivity index (χ2v) is 4.95. The lowest BCUT2D eigenvalue weighted by Gasteiger charge is -2.15. The van der Waals surface area contributed by atoms with E-state index in [0.717, 1.165) is 22.3 Å². The number of hydrogen-bond acceptors (Lipinski definition) is 2. The molecule has 1 aromatic rings. The van der Waals surface area contributed by atoms with E-state index in [9.17, 15) is 13.2 Å². The van der Waals surface area contributed by atoms with Crippen molar-refractivity contribution in [2.24, 2.45) is 5.73 Å². The van der Waals surface area contributed by atoms with Crippen LogP contribution in [0.2, 0.25) is 0 Å². The van der Waals surface area contributed by atoms with E-state index in [-0.39, 0.29) is 6.42 Å². The Balaban J connectivity index is 2.86. The van der Waals surface area contributed by atoms with Crippen LogP contribution in [-0.4, -0.2) is 22.0 Å². The number of aryl methyl sites for hydroxylation is 2. The van der Waals surface area contributed by atoms with Crippen LogP contribution in [0.15, 0.2) is 4.47 Å². The molecule has 0 fully saturated rings. The molecule has 1 aromatic heterocycles. The van der Waals surface area contributed by atoms with Crippen LogP contribution in [0.5, 0.6) is 0 Å². The molecule has 0 bridgehead atoms. The van der Waals surface area contributed by atoms with Gasteiger partial charge in [0.25, 0.3) is 0 Å². The predicted octanol–water partition coefficient (Wildman–Crippen LogP) is 3.05. The number of halogens is 4. The third-order valence-corrected chi connectivity index (χ3v) is 3.56. The highest BCUT2D eigenvalue weighted by Crippen LogP contribution is 2.26. The highest BCUT2D eigenvalue weighted by molar-refractivity contribution is 9.10. The van der Waals surface area contributed by atoms with Gasteiger partial charge < -0.3 is 5.73 Å². The van der Waals surface area contributed by atoms with Gasteiger partial charge in [-0.25, -0.2) is 0 Å². The molecule has 1 rings (SSSR count). The fraction of sp³-hybridized carbons (Fsp3) is 0.727. The summed E-state index contributed by atoms with van der Waals surface area (Å²) < 4.78 is 39.2. The van der Waals surface area contributed by atoms with Gasteiger partial charge in [-0.3, -0.25) is 4.68 Å². The second kappa shape index (κ2) is 6.06. The normalized spacial score (nSPS) is 13.9. The molecule has 104 valence electrons. The molecule has 0 aromatic carbocycles. The van der Waals surface area contributed by atoms with Crippen LogP contribution >= 0.6 is 15.9 Å². The summed E-state index contributed by atoms with van der Waals surface area (Å²) in [4.78, 5) is 0. The van der Waals surface area contributed by atoms with Crippen molar-refractivity contribution in [1.82, 2.24) is 9.78 Å². The van der Waals surface area contributed by atoms with Gasteiger partial charge in [-0.15, -0.1) is 0 Å². The van der Waals surface area contributed by atoms with E-state index in [1.165, 1.54) is 0 Å². The largest absolute Gasteiger partial charge is 0.390 e. The minimum Gasteiger partial charge on any atom is -0.327 e. The van der Waals surface area contributed by atoms with Gasteiger partial charge in [-0.1, -0.05) is 6.92 Å². The lowest BCUT2D eigenvalue weighted by molar-refractivity contribution is -0.138. The zero-order valence-electron chi connectivity index (χ0n) is 10.4. The summed E-state index contributed by atoms with van der Waals surface area (Å²) in [6.07, 6.45) is -4.30. The van der Waals surface area contributed by atoms with Crippen molar-refractivity contribution in [2.75, 3.05) is 0 Å². The zero-order chi connectivity index (χ0) is 13.9. The maximum absolute atomic E-state index is 12.2. The lowest BCUT2D eigenvalue weighted by Crippen LogP contribution is -2.30. The van der Waals surface area contributed by atoms with E-state index >= 15 is 0 Å². The Morgan fingerprint density at radius 3 is 2.44 bits per heavy atom. The molecule has 0 spiro atoms. The number of nitrogens with zero attached hydrogens (tertiary/aromatic N) is 2. The first kappa shape index (κ1) is 15.5. The minimum atomic E-state index is -4.23. The first-order valence-electron chi connectivity index (χ1n) is 5.84. The first-order valence-corrected chi connectivity index (χ1v) is 6.64. The maximum Gasteiger partial charge on any atom is 0.390 e. The topological polar surface area (TPSA) is 43.8 Å². The van der Waals surface area contributed by atoms with Crippen molar-refractivity contribution in [3.63, 3.8) is 0 Å². The van der Waals surface area contributed by atoms with Gasteiger partial charge in [0.2, 0.25) is 0 Å². The van der Waals surface area contributed by atoms with Gasteiger partial charge in [0, 0.05) is 19.0 Å². The molecule has 0 amide bonds. The molecule has 18 heavy (non-hydrogen) atoms. The fourth-order valence-corrected chi connectivity index (χ4v) is 2.56. The molecule has 0 saturated carbocycles. The summed E-state index contributed by atoms with van der Waals surface area (Å²) in [5, 5.41) is 4.33. The average Bonchev–Trinajstić information content (AvgIpc) is 2.53. The summed E-state index contributed by atoms with van der Waals surface area (Å²) in [6.45, 7) is 4.47. The first-order chi connectivity index (χ1) is 8.28. The van der Waals surface area contributed by atoms with Crippen LogP contribution in [0.4, 0.5) is 13.2 Å². The average molecular weight is 328 g/mol. The molecule has 1 unspecified atom stereocenters. The van der Waals surface area contributed by atoms with Gasteiger partial charge in [0.05, 0.1) is 22.3 Å². The van der Waals surface area contributed by atoms with Crippen LogP contribution < -0.4 is 5.73 Å². The summed E-state index contributed by atoms with van der Waals surface area (Å²) in [6, 6.07) is -0.937. The molecular formula is C11H17BrF3N3. The molecule has 1 heterocycles. The number of aromatic nitrogens is 2. The van der Waals surface area contributed by atoms with Crippen LogP contribution in [0, 0.1) is 0 Å². The summed E-state index contributed by atoms with van der Waals surface area (Å²) >= 11 is 3.39. The Bertz CT molecular complexity index is 401. The van der Waals surface area contributed by atoms with E-state index < -0.39 is 18.6 Å².